The highest BCUT2D eigenvalue weighted by molar-refractivity contribution is 5.60. The summed E-state index contributed by atoms with van der Waals surface area (Å²) in [5.41, 5.74) is 2.24. The molecule has 2 nitrogen and oxygen atoms in total. The maximum absolute atomic E-state index is 4.33. The van der Waals surface area contributed by atoms with E-state index in [4.69, 9.17) is 0 Å². The lowest BCUT2D eigenvalue weighted by atomic mass is 10.1. The first kappa shape index (κ1) is 9.97. The molecule has 15 heavy (non-hydrogen) atoms. The minimum Gasteiger partial charge on any atom is -0.272 e. The molecule has 0 bridgehead atoms. The molecule has 0 N–H and O–H groups in total. The number of aromatic nitrogens is 2. The molecule has 0 aliphatic carbocycles. The molecule has 2 heteroatoms. The predicted molar refractivity (Wildman–Crippen MR) is 61.3 cm³/mol. The van der Waals surface area contributed by atoms with Crippen LogP contribution in [0.25, 0.3) is 11.1 Å². The summed E-state index contributed by atoms with van der Waals surface area (Å²) in [5, 5.41) is 4.33. The Balaban J connectivity index is 2.21. The summed E-state index contributed by atoms with van der Waals surface area (Å²) < 4.78 is 1.99. The van der Waals surface area contributed by atoms with Gasteiger partial charge in [0.05, 0.1) is 6.20 Å². The van der Waals surface area contributed by atoms with Crippen LogP contribution >= 0.6 is 0 Å². The molecule has 1 aromatic heterocycles. The fourth-order valence-corrected chi connectivity index (χ4v) is 1.55. The Bertz CT molecular complexity index is 415. The van der Waals surface area contributed by atoms with Crippen LogP contribution in [0.4, 0.5) is 0 Å². The van der Waals surface area contributed by atoms with Crippen LogP contribution in [-0.4, -0.2) is 9.78 Å². The Morgan fingerprint density at radius 3 is 2.93 bits per heavy atom. The van der Waals surface area contributed by atoms with Crippen LogP contribution in [0, 0.1) is 12.0 Å². The molecule has 0 amide bonds. The van der Waals surface area contributed by atoms with Crippen LogP contribution in [0.3, 0.4) is 0 Å². The van der Waals surface area contributed by atoms with Crippen molar-refractivity contribution in [1.29, 1.82) is 0 Å². The molecule has 0 spiro atoms. The zero-order valence-electron chi connectivity index (χ0n) is 9.14. The molecular weight excluding hydrogens is 184 g/mol. The average Bonchev–Trinajstić information content (AvgIpc) is 2.67. The minimum absolute atomic E-state index is 0.623. The van der Waals surface area contributed by atoms with Crippen LogP contribution in [0.2, 0.25) is 0 Å². The summed E-state index contributed by atoms with van der Waals surface area (Å²) >= 11 is 0. The Kier molecular flexibility index (Phi) is 2.86. The molecule has 2 rings (SSSR count). The van der Waals surface area contributed by atoms with Crippen LogP contribution in [0.15, 0.2) is 36.7 Å². The normalized spacial score (nSPS) is 10.9. The zero-order valence-corrected chi connectivity index (χ0v) is 9.14. The van der Waals surface area contributed by atoms with Gasteiger partial charge >= 0.3 is 0 Å². The van der Waals surface area contributed by atoms with Crippen molar-refractivity contribution in [3.8, 4) is 11.1 Å². The van der Waals surface area contributed by atoms with Gasteiger partial charge in [-0.1, -0.05) is 38.1 Å². The molecule has 1 aromatic carbocycles. The lowest BCUT2D eigenvalue weighted by molar-refractivity contribution is 0.483. The van der Waals surface area contributed by atoms with Gasteiger partial charge in [-0.05, 0) is 17.5 Å². The number of hydrogen-bond acceptors (Lipinski definition) is 1. The molecular formula is C13H15N2. The van der Waals surface area contributed by atoms with Gasteiger partial charge in [-0.3, -0.25) is 4.68 Å². The zero-order chi connectivity index (χ0) is 10.7. The monoisotopic (exact) mass is 199 g/mol. The predicted octanol–water partition coefficient (Wildman–Crippen LogP) is 3.01. The molecule has 0 aliphatic rings. The van der Waals surface area contributed by atoms with Crippen molar-refractivity contribution in [2.75, 3.05) is 0 Å². The van der Waals surface area contributed by atoms with Crippen LogP contribution in [0.1, 0.15) is 13.8 Å². The third-order valence-electron chi connectivity index (χ3n) is 2.21. The topological polar surface area (TPSA) is 17.8 Å². The Morgan fingerprint density at radius 2 is 2.27 bits per heavy atom. The van der Waals surface area contributed by atoms with Gasteiger partial charge in [0.2, 0.25) is 0 Å². The smallest absolute Gasteiger partial charge is 0.0568 e. The molecule has 0 fully saturated rings. The number of benzene rings is 1. The molecule has 0 unspecified atom stereocenters. The van der Waals surface area contributed by atoms with E-state index in [9.17, 15) is 0 Å². The molecule has 0 aliphatic heterocycles. The third kappa shape index (κ3) is 2.46. The van der Waals surface area contributed by atoms with Gasteiger partial charge in [-0.15, -0.1) is 0 Å². The second kappa shape index (κ2) is 4.30. The molecule has 0 saturated carbocycles. The maximum Gasteiger partial charge on any atom is 0.0568 e. The lowest BCUT2D eigenvalue weighted by Crippen LogP contribution is -2.03. The Morgan fingerprint density at radius 1 is 1.40 bits per heavy atom. The van der Waals surface area contributed by atoms with Gasteiger partial charge in [-0.25, -0.2) is 0 Å². The van der Waals surface area contributed by atoms with E-state index in [-0.39, 0.29) is 0 Å². The van der Waals surface area contributed by atoms with E-state index >= 15 is 0 Å². The van der Waals surface area contributed by atoms with E-state index in [2.05, 4.69) is 37.3 Å². The van der Waals surface area contributed by atoms with Gasteiger partial charge in [0.15, 0.2) is 0 Å². The van der Waals surface area contributed by atoms with Crippen molar-refractivity contribution < 1.29 is 0 Å². The van der Waals surface area contributed by atoms with Gasteiger partial charge in [0.1, 0.15) is 0 Å². The molecule has 0 atom stereocenters. The Hall–Kier alpha value is -1.57. The number of hydrogen-bond donors (Lipinski definition) is 0. The van der Waals surface area contributed by atoms with E-state index in [0.717, 1.165) is 17.7 Å². The molecule has 0 saturated heterocycles. The van der Waals surface area contributed by atoms with Gasteiger partial charge in [0.25, 0.3) is 0 Å². The largest absolute Gasteiger partial charge is 0.272 e. The third-order valence-corrected chi connectivity index (χ3v) is 2.21. The van der Waals surface area contributed by atoms with Crippen LogP contribution in [-0.2, 0) is 6.54 Å². The second-order valence-corrected chi connectivity index (χ2v) is 4.12. The summed E-state index contributed by atoms with van der Waals surface area (Å²) in [4.78, 5) is 0. The maximum atomic E-state index is 4.33. The summed E-state index contributed by atoms with van der Waals surface area (Å²) in [7, 11) is 0. The quantitative estimate of drug-likeness (QED) is 0.743. The van der Waals surface area contributed by atoms with Crippen LogP contribution in [0.5, 0.6) is 0 Å². The van der Waals surface area contributed by atoms with Crippen molar-refractivity contribution in [3.63, 3.8) is 0 Å². The van der Waals surface area contributed by atoms with E-state index in [0.29, 0.717) is 5.92 Å². The highest BCUT2D eigenvalue weighted by atomic mass is 15.3. The number of nitrogens with zero attached hydrogens (tertiary/aromatic N) is 2. The second-order valence-electron chi connectivity index (χ2n) is 4.12. The lowest BCUT2D eigenvalue weighted by Gasteiger charge is -2.03. The van der Waals surface area contributed by atoms with E-state index in [1.807, 2.05) is 29.1 Å². The standard InChI is InChI=1S/C13H15N2/c1-11(2)9-15-10-13(8-14-15)12-6-4-3-5-7-12/h3-6,8,10-11H,9H2,1-2H3. The minimum atomic E-state index is 0.623. The van der Waals surface area contributed by atoms with E-state index < -0.39 is 0 Å². The molecule has 1 radical (unpaired) electrons. The van der Waals surface area contributed by atoms with Gasteiger partial charge < -0.3 is 0 Å². The summed E-state index contributed by atoms with van der Waals surface area (Å²) in [6.45, 7) is 5.35. The summed E-state index contributed by atoms with van der Waals surface area (Å²) in [6.07, 6.45) is 3.97. The highest BCUT2D eigenvalue weighted by Crippen LogP contribution is 2.17. The van der Waals surface area contributed by atoms with Crippen molar-refractivity contribution in [2.45, 2.75) is 20.4 Å². The average molecular weight is 199 g/mol. The Labute approximate surface area is 90.6 Å². The van der Waals surface area contributed by atoms with Crippen molar-refractivity contribution in [3.05, 3.63) is 42.7 Å². The fourth-order valence-electron chi connectivity index (χ4n) is 1.55. The van der Waals surface area contributed by atoms with Gasteiger partial charge in [-0.2, -0.15) is 5.10 Å². The first-order valence-electron chi connectivity index (χ1n) is 5.25. The fraction of sp³-hybridized carbons (Fsp3) is 0.308. The summed E-state index contributed by atoms with van der Waals surface area (Å²) in [5.74, 6) is 0.623. The van der Waals surface area contributed by atoms with Crippen LogP contribution < -0.4 is 0 Å². The molecule has 1 heterocycles. The van der Waals surface area contributed by atoms with Crippen molar-refractivity contribution in [2.24, 2.45) is 5.92 Å². The van der Waals surface area contributed by atoms with Crippen molar-refractivity contribution >= 4 is 0 Å². The van der Waals surface area contributed by atoms with E-state index in [1.54, 1.807) is 0 Å². The number of rotatable bonds is 3. The van der Waals surface area contributed by atoms with Gasteiger partial charge in [0, 0.05) is 18.3 Å². The first-order chi connectivity index (χ1) is 7.25. The van der Waals surface area contributed by atoms with Crippen molar-refractivity contribution in [1.82, 2.24) is 9.78 Å². The SMILES string of the molecule is CC(C)Cn1cc(-c2[c]cccc2)cn1. The highest BCUT2D eigenvalue weighted by Gasteiger charge is 2.02. The molecule has 77 valence electrons. The summed E-state index contributed by atoms with van der Waals surface area (Å²) in [6, 6.07) is 11.2. The van der Waals surface area contributed by atoms with E-state index in [1.165, 1.54) is 0 Å². The molecule has 2 aromatic rings. The first-order valence-corrected chi connectivity index (χ1v) is 5.25.